The average Bonchev–Trinajstić information content (AvgIpc) is 2.41. The van der Waals surface area contributed by atoms with Crippen LogP contribution >= 0.6 is 0 Å². The molecule has 1 aromatic carbocycles. The largest absolute Gasteiger partial charge is 0.474 e. The number of hydrogen-bond acceptors (Lipinski definition) is 3. The molecule has 0 fully saturated rings. The number of ether oxygens (including phenoxy) is 2. The van der Waals surface area contributed by atoms with E-state index < -0.39 is 5.60 Å². The third-order valence-electron chi connectivity index (χ3n) is 4.04. The number of benzene rings is 1. The maximum atomic E-state index is 11.3. The third kappa shape index (κ3) is 2.27. The lowest BCUT2D eigenvalue weighted by Gasteiger charge is -2.34. The molecule has 0 radical (unpaired) electrons. The van der Waals surface area contributed by atoms with Crippen LogP contribution in [0.3, 0.4) is 0 Å². The zero-order valence-electron chi connectivity index (χ0n) is 12.7. The summed E-state index contributed by atoms with van der Waals surface area (Å²) in [5.41, 5.74) is 3.43. The Morgan fingerprint density at radius 1 is 1.30 bits per heavy atom. The lowest BCUT2D eigenvalue weighted by molar-refractivity contribution is -0.132. The number of carbonyl (C=O) groups excluding carboxylic acids is 1. The van der Waals surface area contributed by atoms with Crippen molar-refractivity contribution in [3.63, 3.8) is 0 Å². The maximum absolute atomic E-state index is 11.3. The molecule has 1 heterocycles. The quantitative estimate of drug-likeness (QED) is 0.447. The summed E-state index contributed by atoms with van der Waals surface area (Å²) < 4.78 is 11.4. The normalized spacial score (nSPS) is 20.6. The molecule has 0 aliphatic carbocycles. The maximum Gasteiger partial charge on any atom is 0.308 e. The van der Waals surface area contributed by atoms with E-state index in [4.69, 9.17) is 15.9 Å². The summed E-state index contributed by atoms with van der Waals surface area (Å²) in [6, 6.07) is 0. The van der Waals surface area contributed by atoms with Crippen molar-refractivity contribution < 1.29 is 14.3 Å². The van der Waals surface area contributed by atoms with Gasteiger partial charge in [-0.15, -0.1) is 6.42 Å². The Kier molecular flexibility index (Phi) is 3.52. The van der Waals surface area contributed by atoms with Crippen LogP contribution in [0.1, 0.15) is 42.5 Å². The van der Waals surface area contributed by atoms with Gasteiger partial charge < -0.3 is 9.47 Å². The molecule has 0 N–H and O–H groups in total. The molecular formula is C17H20O3. The first-order chi connectivity index (χ1) is 9.29. The van der Waals surface area contributed by atoms with Gasteiger partial charge in [-0.05, 0) is 50.8 Å². The van der Waals surface area contributed by atoms with Gasteiger partial charge in [0.15, 0.2) is 5.60 Å². The predicted molar refractivity (Wildman–Crippen MR) is 78.1 cm³/mol. The zero-order chi connectivity index (χ0) is 15.1. The summed E-state index contributed by atoms with van der Waals surface area (Å²) in [6.45, 7) is 9.22. The summed E-state index contributed by atoms with van der Waals surface area (Å²) in [4.78, 5) is 11.3. The van der Waals surface area contributed by atoms with Gasteiger partial charge in [-0.1, -0.05) is 5.92 Å². The monoisotopic (exact) mass is 272 g/mol. The van der Waals surface area contributed by atoms with E-state index in [0.717, 1.165) is 40.8 Å². The number of carbonyl (C=O) groups is 1. The molecule has 1 aliphatic heterocycles. The van der Waals surface area contributed by atoms with Crippen molar-refractivity contribution in [1.29, 1.82) is 0 Å². The van der Waals surface area contributed by atoms with Gasteiger partial charge in [0.05, 0.1) is 0 Å². The van der Waals surface area contributed by atoms with Crippen LogP contribution in [-0.4, -0.2) is 11.6 Å². The summed E-state index contributed by atoms with van der Waals surface area (Å²) >= 11 is 0. The van der Waals surface area contributed by atoms with Crippen molar-refractivity contribution in [3.8, 4) is 23.8 Å². The number of esters is 1. The summed E-state index contributed by atoms with van der Waals surface area (Å²) in [5.74, 6) is 3.93. The molecule has 1 atom stereocenters. The predicted octanol–water partition coefficient (Wildman–Crippen LogP) is 3.25. The van der Waals surface area contributed by atoms with Crippen molar-refractivity contribution in [1.82, 2.24) is 0 Å². The van der Waals surface area contributed by atoms with E-state index in [2.05, 4.69) is 5.92 Å². The molecule has 3 heteroatoms. The van der Waals surface area contributed by atoms with Crippen molar-refractivity contribution in [2.45, 2.75) is 53.1 Å². The lowest BCUT2D eigenvalue weighted by Crippen LogP contribution is -2.35. The second-order valence-electron chi connectivity index (χ2n) is 5.58. The summed E-state index contributed by atoms with van der Waals surface area (Å²) in [7, 11) is 0. The van der Waals surface area contributed by atoms with Crippen LogP contribution < -0.4 is 9.47 Å². The van der Waals surface area contributed by atoms with Crippen molar-refractivity contribution >= 4 is 5.97 Å². The van der Waals surface area contributed by atoms with Crippen LogP contribution in [-0.2, 0) is 11.2 Å². The first-order valence-electron chi connectivity index (χ1n) is 6.77. The molecule has 1 aliphatic rings. The van der Waals surface area contributed by atoms with E-state index in [9.17, 15) is 4.79 Å². The van der Waals surface area contributed by atoms with E-state index in [0.29, 0.717) is 5.75 Å². The summed E-state index contributed by atoms with van der Waals surface area (Å²) in [5, 5.41) is 0. The topological polar surface area (TPSA) is 35.5 Å². The van der Waals surface area contributed by atoms with Gasteiger partial charge in [0.1, 0.15) is 11.5 Å². The second-order valence-corrected chi connectivity index (χ2v) is 5.58. The highest BCUT2D eigenvalue weighted by atomic mass is 16.5. The Hall–Kier alpha value is -1.95. The van der Waals surface area contributed by atoms with E-state index >= 15 is 0 Å². The molecule has 0 spiro atoms. The minimum atomic E-state index is -0.556. The van der Waals surface area contributed by atoms with Crippen molar-refractivity contribution in [2.24, 2.45) is 0 Å². The highest BCUT2D eigenvalue weighted by Crippen LogP contribution is 2.43. The minimum Gasteiger partial charge on any atom is -0.474 e. The molecule has 106 valence electrons. The third-order valence-corrected chi connectivity index (χ3v) is 4.04. The van der Waals surface area contributed by atoms with E-state index in [1.54, 1.807) is 0 Å². The standard InChI is InChI=1S/C17H20O3/c1-7-17(6)9-8-14-12(4)15(19-13(5)18)10(2)11(3)16(14)20-17/h1H,8-9H2,2-6H3. The minimum absolute atomic E-state index is 0.305. The molecule has 3 nitrogen and oxygen atoms in total. The first kappa shape index (κ1) is 14.5. The number of hydrogen-bond donors (Lipinski definition) is 0. The highest BCUT2D eigenvalue weighted by Gasteiger charge is 2.33. The van der Waals surface area contributed by atoms with Crippen LogP contribution in [0.25, 0.3) is 0 Å². The SMILES string of the molecule is C#CC1(C)CCc2c(C)c(OC(C)=O)c(C)c(C)c2O1. The molecule has 1 unspecified atom stereocenters. The molecule has 20 heavy (non-hydrogen) atoms. The smallest absolute Gasteiger partial charge is 0.308 e. The highest BCUT2D eigenvalue weighted by molar-refractivity contribution is 5.72. The Balaban J connectivity index is 2.60. The molecule has 1 aromatic rings. The van der Waals surface area contributed by atoms with Gasteiger partial charge in [0.2, 0.25) is 0 Å². The van der Waals surface area contributed by atoms with Crippen LogP contribution in [0.4, 0.5) is 0 Å². The second kappa shape index (κ2) is 4.86. The van der Waals surface area contributed by atoms with Gasteiger partial charge in [0.25, 0.3) is 0 Å². The fourth-order valence-electron chi connectivity index (χ4n) is 2.63. The molecule has 0 saturated carbocycles. The number of terminal acetylenes is 1. The molecule has 0 aromatic heterocycles. The van der Waals surface area contributed by atoms with Gasteiger partial charge >= 0.3 is 5.97 Å². The molecular weight excluding hydrogens is 252 g/mol. The fourth-order valence-corrected chi connectivity index (χ4v) is 2.63. The molecule has 2 rings (SSSR count). The Morgan fingerprint density at radius 2 is 1.95 bits per heavy atom. The van der Waals surface area contributed by atoms with Gasteiger partial charge in [-0.2, -0.15) is 0 Å². The zero-order valence-corrected chi connectivity index (χ0v) is 12.7. The van der Waals surface area contributed by atoms with Gasteiger partial charge in [0, 0.05) is 18.9 Å². The lowest BCUT2D eigenvalue weighted by atomic mass is 9.87. The number of rotatable bonds is 1. The van der Waals surface area contributed by atoms with E-state index in [1.165, 1.54) is 6.92 Å². The van der Waals surface area contributed by atoms with Crippen molar-refractivity contribution in [2.75, 3.05) is 0 Å². The Bertz CT molecular complexity index is 622. The average molecular weight is 272 g/mol. The van der Waals surface area contributed by atoms with Crippen molar-refractivity contribution in [3.05, 3.63) is 22.3 Å². The van der Waals surface area contributed by atoms with Gasteiger partial charge in [-0.3, -0.25) is 4.79 Å². The molecule has 0 amide bonds. The molecule has 0 bridgehead atoms. The summed E-state index contributed by atoms with van der Waals surface area (Å²) in [6.07, 6.45) is 7.17. The van der Waals surface area contributed by atoms with E-state index in [1.807, 2.05) is 27.7 Å². The van der Waals surface area contributed by atoms with Crippen LogP contribution in [0.2, 0.25) is 0 Å². The Labute approximate surface area is 120 Å². The fraction of sp³-hybridized carbons (Fsp3) is 0.471. The van der Waals surface area contributed by atoms with Crippen LogP contribution in [0.5, 0.6) is 11.5 Å². The van der Waals surface area contributed by atoms with Crippen LogP contribution in [0, 0.1) is 33.1 Å². The first-order valence-corrected chi connectivity index (χ1v) is 6.77. The van der Waals surface area contributed by atoms with Gasteiger partial charge in [-0.25, -0.2) is 0 Å². The Morgan fingerprint density at radius 3 is 2.50 bits per heavy atom. The van der Waals surface area contributed by atoms with E-state index in [-0.39, 0.29) is 5.97 Å². The molecule has 0 saturated heterocycles. The number of fused-ring (bicyclic) bond motifs is 1. The van der Waals surface area contributed by atoms with Crippen LogP contribution in [0.15, 0.2) is 0 Å².